The van der Waals surface area contributed by atoms with Gasteiger partial charge in [-0.1, -0.05) is 35.4 Å². The molecule has 1 aromatic carbocycles. The van der Waals surface area contributed by atoms with Crippen molar-refractivity contribution in [3.63, 3.8) is 0 Å². The molecule has 0 aliphatic rings. The van der Waals surface area contributed by atoms with Crippen LogP contribution in [0, 0.1) is 13.8 Å². The SMILES string of the molecule is Cc1ccc(-c2csc3nc(CCl)nc(Cl)c23)c(C)c1. The van der Waals surface area contributed by atoms with Gasteiger partial charge in [-0.3, -0.25) is 0 Å². The van der Waals surface area contributed by atoms with E-state index in [1.54, 1.807) is 11.3 Å². The van der Waals surface area contributed by atoms with Crippen LogP contribution in [0.3, 0.4) is 0 Å². The van der Waals surface area contributed by atoms with Gasteiger partial charge in [-0.25, -0.2) is 9.97 Å². The largest absolute Gasteiger partial charge is 0.221 e. The number of benzene rings is 1. The number of halogens is 2. The van der Waals surface area contributed by atoms with Crippen LogP contribution in [0.1, 0.15) is 17.0 Å². The second-order valence-electron chi connectivity index (χ2n) is 4.71. The first-order valence-electron chi connectivity index (χ1n) is 6.17. The maximum atomic E-state index is 6.32. The molecular formula is C15H12Cl2N2S. The zero-order valence-corrected chi connectivity index (χ0v) is 13.4. The third-order valence-corrected chi connectivity index (χ3v) is 4.61. The summed E-state index contributed by atoms with van der Waals surface area (Å²) in [6.45, 7) is 4.19. The van der Waals surface area contributed by atoms with Gasteiger partial charge in [-0.15, -0.1) is 22.9 Å². The summed E-state index contributed by atoms with van der Waals surface area (Å²) in [5, 5.41) is 3.47. The molecule has 2 aromatic heterocycles. The molecule has 0 fully saturated rings. The molecule has 0 bridgehead atoms. The van der Waals surface area contributed by atoms with Crippen molar-refractivity contribution in [2.45, 2.75) is 19.7 Å². The highest BCUT2D eigenvalue weighted by atomic mass is 35.5. The van der Waals surface area contributed by atoms with Crippen LogP contribution in [0.15, 0.2) is 23.6 Å². The summed E-state index contributed by atoms with van der Waals surface area (Å²) in [4.78, 5) is 9.58. The predicted octanol–water partition coefficient (Wildman–Crippen LogP) is 5.37. The molecule has 2 heterocycles. The molecule has 0 N–H and O–H groups in total. The summed E-state index contributed by atoms with van der Waals surface area (Å²) in [6.07, 6.45) is 0. The van der Waals surface area contributed by atoms with Crippen LogP contribution in [0.4, 0.5) is 0 Å². The number of alkyl halides is 1. The quantitative estimate of drug-likeness (QED) is 0.468. The molecule has 0 amide bonds. The number of thiophene rings is 1. The van der Waals surface area contributed by atoms with E-state index in [2.05, 4.69) is 47.4 Å². The Morgan fingerprint density at radius 2 is 1.95 bits per heavy atom. The minimum Gasteiger partial charge on any atom is -0.221 e. The van der Waals surface area contributed by atoms with Gasteiger partial charge < -0.3 is 0 Å². The standard InChI is InChI=1S/C15H12Cl2N2S/c1-8-3-4-10(9(2)5-8)11-7-20-15-13(11)14(17)18-12(6-16)19-15/h3-5,7H,6H2,1-2H3. The summed E-state index contributed by atoms with van der Waals surface area (Å²) < 4.78 is 0. The molecule has 0 radical (unpaired) electrons. The van der Waals surface area contributed by atoms with E-state index in [-0.39, 0.29) is 5.88 Å². The van der Waals surface area contributed by atoms with E-state index in [0.29, 0.717) is 11.0 Å². The molecule has 0 atom stereocenters. The predicted molar refractivity (Wildman–Crippen MR) is 86.9 cm³/mol. The Hall–Kier alpha value is -1.16. The average molecular weight is 323 g/mol. The zero-order chi connectivity index (χ0) is 14.3. The first-order chi connectivity index (χ1) is 9.60. The van der Waals surface area contributed by atoms with Crippen molar-refractivity contribution < 1.29 is 0 Å². The summed E-state index contributed by atoms with van der Waals surface area (Å²) in [5.41, 5.74) is 4.74. The molecule has 5 heteroatoms. The summed E-state index contributed by atoms with van der Waals surface area (Å²) in [6, 6.07) is 6.40. The second-order valence-corrected chi connectivity index (χ2v) is 6.20. The monoisotopic (exact) mass is 322 g/mol. The van der Waals surface area contributed by atoms with Crippen LogP contribution in [0.25, 0.3) is 21.3 Å². The molecule has 20 heavy (non-hydrogen) atoms. The van der Waals surface area contributed by atoms with Gasteiger partial charge in [0.1, 0.15) is 15.8 Å². The Kier molecular flexibility index (Phi) is 3.67. The molecule has 0 aliphatic carbocycles. The fraction of sp³-hybridized carbons (Fsp3) is 0.200. The molecule has 102 valence electrons. The molecule has 0 saturated heterocycles. The number of aryl methyl sites for hydroxylation is 2. The van der Waals surface area contributed by atoms with Gasteiger partial charge in [-0.05, 0) is 25.0 Å². The van der Waals surface area contributed by atoms with Crippen molar-refractivity contribution in [1.82, 2.24) is 9.97 Å². The minimum atomic E-state index is 0.270. The van der Waals surface area contributed by atoms with E-state index >= 15 is 0 Å². The molecule has 0 aliphatic heterocycles. The molecule has 3 rings (SSSR count). The Morgan fingerprint density at radius 1 is 1.15 bits per heavy atom. The lowest BCUT2D eigenvalue weighted by molar-refractivity contribution is 1.07. The van der Waals surface area contributed by atoms with E-state index in [1.807, 2.05) is 0 Å². The Morgan fingerprint density at radius 3 is 2.65 bits per heavy atom. The first-order valence-corrected chi connectivity index (χ1v) is 7.96. The number of aromatic nitrogens is 2. The van der Waals surface area contributed by atoms with Crippen molar-refractivity contribution in [1.29, 1.82) is 0 Å². The third-order valence-electron chi connectivity index (χ3n) is 3.23. The van der Waals surface area contributed by atoms with E-state index in [1.165, 1.54) is 16.7 Å². The van der Waals surface area contributed by atoms with Gasteiger partial charge in [0.2, 0.25) is 0 Å². The van der Waals surface area contributed by atoms with Crippen LogP contribution in [-0.4, -0.2) is 9.97 Å². The van der Waals surface area contributed by atoms with Crippen LogP contribution in [-0.2, 0) is 5.88 Å². The maximum Gasteiger partial charge on any atom is 0.146 e. The van der Waals surface area contributed by atoms with E-state index in [9.17, 15) is 0 Å². The second kappa shape index (κ2) is 5.32. The normalized spacial score (nSPS) is 11.2. The van der Waals surface area contributed by atoms with Crippen molar-refractivity contribution in [3.05, 3.63) is 45.7 Å². The van der Waals surface area contributed by atoms with Crippen LogP contribution in [0.2, 0.25) is 5.15 Å². The topological polar surface area (TPSA) is 25.8 Å². The van der Waals surface area contributed by atoms with Crippen molar-refractivity contribution in [2.24, 2.45) is 0 Å². The molecular weight excluding hydrogens is 311 g/mol. The van der Waals surface area contributed by atoms with Crippen LogP contribution >= 0.6 is 34.5 Å². The van der Waals surface area contributed by atoms with Gasteiger partial charge in [0.15, 0.2) is 0 Å². The van der Waals surface area contributed by atoms with Gasteiger partial charge in [0.05, 0.1) is 11.3 Å². The lowest BCUT2D eigenvalue weighted by Crippen LogP contribution is -1.92. The molecule has 0 unspecified atom stereocenters. The smallest absolute Gasteiger partial charge is 0.146 e. The van der Waals surface area contributed by atoms with Crippen LogP contribution < -0.4 is 0 Å². The zero-order valence-electron chi connectivity index (χ0n) is 11.1. The third kappa shape index (κ3) is 2.30. The average Bonchev–Trinajstić information content (AvgIpc) is 2.83. The number of fused-ring (bicyclic) bond motifs is 1. The van der Waals surface area contributed by atoms with Crippen molar-refractivity contribution in [2.75, 3.05) is 0 Å². The summed E-state index contributed by atoms with van der Waals surface area (Å²) in [5.74, 6) is 0.838. The highest BCUT2D eigenvalue weighted by Crippen LogP contribution is 2.38. The van der Waals surface area contributed by atoms with E-state index in [0.717, 1.165) is 15.8 Å². The molecule has 2 nitrogen and oxygen atoms in total. The van der Waals surface area contributed by atoms with Crippen molar-refractivity contribution in [3.8, 4) is 11.1 Å². The number of rotatable bonds is 2. The highest BCUT2D eigenvalue weighted by Gasteiger charge is 2.15. The lowest BCUT2D eigenvalue weighted by atomic mass is 9.99. The van der Waals surface area contributed by atoms with E-state index in [4.69, 9.17) is 23.2 Å². The molecule has 0 saturated carbocycles. The number of hydrogen-bond donors (Lipinski definition) is 0. The molecule has 3 aromatic rings. The fourth-order valence-electron chi connectivity index (χ4n) is 2.31. The first kappa shape index (κ1) is 13.8. The van der Waals surface area contributed by atoms with Gasteiger partial charge >= 0.3 is 0 Å². The Bertz CT molecular complexity index is 796. The number of nitrogens with zero attached hydrogens (tertiary/aromatic N) is 2. The fourth-order valence-corrected chi connectivity index (χ4v) is 3.74. The molecule has 0 spiro atoms. The Balaban J connectivity index is 2.27. The summed E-state index contributed by atoms with van der Waals surface area (Å²) >= 11 is 13.7. The van der Waals surface area contributed by atoms with Gasteiger partial charge in [-0.2, -0.15) is 0 Å². The Labute approximate surface area is 131 Å². The van der Waals surface area contributed by atoms with Crippen molar-refractivity contribution >= 4 is 44.8 Å². The highest BCUT2D eigenvalue weighted by molar-refractivity contribution is 7.17. The van der Waals surface area contributed by atoms with Crippen LogP contribution in [0.5, 0.6) is 0 Å². The summed E-state index contributed by atoms with van der Waals surface area (Å²) in [7, 11) is 0. The van der Waals surface area contributed by atoms with E-state index < -0.39 is 0 Å². The maximum absolute atomic E-state index is 6.32. The van der Waals surface area contributed by atoms with Gasteiger partial charge in [0.25, 0.3) is 0 Å². The minimum absolute atomic E-state index is 0.270. The van der Waals surface area contributed by atoms with Gasteiger partial charge in [0, 0.05) is 10.9 Å². The lowest BCUT2D eigenvalue weighted by Gasteiger charge is -2.07. The number of hydrogen-bond acceptors (Lipinski definition) is 3.